The highest BCUT2D eigenvalue weighted by Gasteiger charge is 2.24. The topological polar surface area (TPSA) is 122 Å². The maximum atomic E-state index is 10.3. The number of nitrogens with zero attached hydrogens (tertiary/aromatic N) is 6. The molecule has 0 spiro atoms. The molecule has 9 nitrogen and oxygen atoms in total. The minimum absolute atomic E-state index is 0.0980. The van der Waals surface area contributed by atoms with E-state index in [2.05, 4.69) is 22.0 Å². The van der Waals surface area contributed by atoms with Gasteiger partial charge in [-0.05, 0) is 56.1 Å². The van der Waals surface area contributed by atoms with E-state index in [4.69, 9.17) is 30.8 Å². The lowest BCUT2D eigenvalue weighted by Crippen LogP contribution is -2.30. The SMILES string of the molecule is CN(C)CCN(C)c1nc(SCc2coc(-c3ccc(Cl)cc3)n2)c(C#N)c(-c2ccc(OCCO)cc2)c1C#N. The Hall–Kier alpha value is -4.06. The number of aliphatic hydroxyl groups excluding tert-OH is 1. The van der Waals surface area contributed by atoms with Crippen LogP contribution in [0.15, 0.2) is 64.2 Å². The lowest BCUT2D eigenvalue weighted by Gasteiger charge is -2.24. The summed E-state index contributed by atoms with van der Waals surface area (Å²) in [5.41, 5.74) is 3.31. The Bertz CT molecular complexity index is 1560. The van der Waals surface area contributed by atoms with Crippen molar-refractivity contribution in [3.63, 3.8) is 0 Å². The summed E-state index contributed by atoms with van der Waals surface area (Å²) in [7, 11) is 5.85. The molecule has 2 heterocycles. The number of hydrogen-bond donors (Lipinski definition) is 1. The van der Waals surface area contributed by atoms with Gasteiger partial charge in [0.25, 0.3) is 0 Å². The van der Waals surface area contributed by atoms with Gasteiger partial charge in [0.15, 0.2) is 0 Å². The predicted octanol–water partition coefficient (Wildman–Crippen LogP) is 5.46. The maximum Gasteiger partial charge on any atom is 0.226 e. The smallest absolute Gasteiger partial charge is 0.226 e. The van der Waals surface area contributed by atoms with E-state index in [1.807, 2.05) is 38.2 Å². The molecule has 0 atom stereocenters. The van der Waals surface area contributed by atoms with E-state index < -0.39 is 0 Å². The van der Waals surface area contributed by atoms with Crippen LogP contribution in [-0.2, 0) is 5.75 Å². The van der Waals surface area contributed by atoms with E-state index in [1.165, 1.54) is 11.8 Å². The molecule has 0 aliphatic carbocycles. The van der Waals surface area contributed by atoms with Crippen LogP contribution >= 0.6 is 23.4 Å². The van der Waals surface area contributed by atoms with E-state index in [0.29, 0.717) is 67.8 Å². The second-order valence-corrected chi connectivity index (χ2v) is 10.8. The van der Waals surface area contributed by atoms with Gasteiger partial charge in [-0.1, -0.05) is 35.5 Å². The van der Waals surface area contributed by atoms with Crippen molar-refractivity contribution in [3.8, 4) is 40.5 Å². The van der Waals surface area contributed by atoms with Crippen LogP contribution in [0.1, 0.15) is 16.8 Å². The van der Waals surface area contributed by atoms with Crippen molar-refractivity contribution < 1.29 is 14.3 Å². The van der Waals surface area contributed by atoms with Gasteiger partial charge >= 0.3 is 0 Å². The molecule has 2 aromatic heterocycles. The van der Waals surface area contributed by atoms with Gasteiger partial charge in [-0.25, -0.2) is 9.97 Å². The van der Waals surface area contributed by atoms with Gasteiger partial charge in [0.05, 0.1) is 17.9 Å². The zero-order chi connectivity index (χ0) is 29.4. The van der Waals surface area contributed by atoms with Crippen molar-refractivity contribution in [2.45, 2.75) is 10.8 Å². The molecule has 1 N–H and O–H groups in total. The number of benzene rings is 2. The van der Waals surface area contributed by atoms with E-state index in [0.717, 1.165) is 12.1 Å². The van der Waals surface area contributed by atoms with E-state index >= 15 is 0 Å². The van der Waals surface area contributed by atoms with Crippen LogP contribution < -0.4 is 9.64 Å². The molecule has 4 rings (SSSR count). The molecule has 0 radical (unpaired) electrons. The van der Waals surface area contributed by atoms with Crippen LogP contribution in [0.4, 0.5) is 5.82 Å². The van der Waals surface area contributed by atoms with Crippen molar-refractivity contribution >= 4 is 29.2 Å². The van der Waals surface area contributed by atoms with Crippen molar-refractivity contribution in [2.75, 3.05) is 52.3 Å². The second-order valence-electron chi connectivity index (χ2n) is 9.35. The monoisotopic (exact) mass is 588 g/mol. The van der Waals surface area contributed by atoms with Crippen molar-refractivity contribution in [2.24, 2.45) is 0 Å². The maximum absolute atomic E-state index is 10.3. The molecule has 0 bridgehead atoms. The third-order valence-electron chi connectivity index (χ3n) is 6.12. The fourth-order valence-corrected chi connectivity index (χ4v) is 4.99. The summed E-state index contributed by atoms with van der Waals surface area (Å²) in [4.78, 5) is 13.4. The first-order valence-electron chi connectivity index (χ1n) is 12.8. The van der Waals surface area contributed by atoms with Gasteiger partial charge in [0, 0.05) is 42.0 Å². The molecule has 0 amide bonds. The molecule has 0 fully saturated rings. The molecule has 41 heavy (non-hydrogen) atoms. The van der Waals surface area contributed by atoms with E-state index in [-0.39, 0.29) is 13.2 Å². The predicted molar refractivity (Wildman–Crippen MR) is 160 cm³/mol. The summed E-state index contributed by atoms with van der Waals surface area (Å²) in [5.74, 6) is 1.94. The quantitative estimate of drug-likeness (QED) is 0.213. The molecular formula is C30H29ClN6O3S. The number of ether oxygens (including phenoxy) is 1. The van der Waals surface area contributed by atoms with Gasteiger partial charge in [-0.2, -0.15) is 10.5 Å². The summed E-state index contributed by atoms with van der Waals surface area (Å²) < 4.78 is 11.2. The number of rotatable bonds is 12. The highest BCUT2D eigenvalue weighted by molar-refractivity contribution is 7.98. The molecule has 0 aliphatic rings. The molecule has 4 aromatic rings. The Labute approximate surface area is 248 Å². The lowest BCUT2D eigenvalue weighted by molar-refractivity contribution is 0.201. The highest BCUT2D eigenvalue weighted by atomic mass is 35.5. The zero-order valence-corrected chi connectivity index (χ0v) is 24.5. The van der Waals surface area contributed by atoms with Crippen LogP contribution in [-0.4, -0.2) is 67.4 Å². The Morgan fingerprint density at radius 2 is 1.63 bits per heavy atom. The number of oxazole rings is 1. The first-order chi connectivity index (χ1) is 19.8. The Balaban J connectivity index is 1.73. The molecule has 0 saturated heterocycles. The van der Waals surface area contributed by atoms with Crippen LogP contribution in [0, 0.1) is 22.7 Å². The van der Waals surface area contributed by atoms with Crippen molar-refractivity contribution in [1.82, 2.24) is 14.9 Å². The van der Waals surface area contributed by atoms with Crippen LogP contribution in [0.25, 0.3) is 22.6 Å². The number of likely N-dealkylation sites (N-methyl/N-ethyl adjacent to an activating group) is 2. The molecule has 0 aliphatic heterocycles. The molecular weight excluding hydrogens is 560 g/mol. The first-order valence-corrected chi connectivity index (χ1v) is 14.1. The van der Waals surface area contributed by atoms with Crippen LogP contribution in [0.3, 0.4) is 0 Å². The Kier molecular flexibility index (Phi) is 10.2. The highest BCUT2D eigenvalue weighted by Crippen LogP contribution is 2.39. The van der Waals surface area contributed by atoms with Gasteiger partial charge in [0.1, 0.15) is 47.2 Å². The average Bonchev–Trinajstić information content (AvgIpc) is 3.46. The Morgan fingerprint density at radius 1 is 0.951 bits per heavy atom. The summed E-state index contributed by atoms with van der Waals surface area (Å²) in [5, 5.41) is 30.8. The average molecular weight is 589 g/mol. The number of thioether (sulfide) groups is 1. The summed E-state index contributed by atoms with van der Waals surface area (Å²) in [6, 6.07) is 18.9. The second kappa shape index (κ2) is 14.0. The summed E-state index contributed by atoms with van der Waals surface area (Å²) >= 11 is 7.36. The van der Waals surface area contributed by atoms with Gasteiger partial charge in [0.2, 0.25) is 5.89 Å². The number of aromatic nitrogens is 2. The number of anilines is 1. The van der Waals surface area contributed by atoms with Crippen molar-refractivity contribution in [1.29, 1.82) is 10.5 Å². The molecule has 0 unspecified atom stereocenters. The normalized spacial score (nSPS) is 10.8. The standard InChI is InChI=1S/C30H29ClN6O3S/c1-36(2)12-13-37(3)28-25(16-32)27(20-6-10-24(11-7-20)39-15-14-38)26(17-33)30(35-28)41-19-23-18-40-29(34-23)21-4-8-22(31)9-5-21/h4-11,18,38H,12-15,19H2,1-3H3. The van der Waals surface area contributed by atoms with Gasteiger partial charge < -0.3 is 24.1 Å². The minimum atomic E-state index is -0.0980. The molecule has 210 valence electrons. The Morgan fingerprint density at radius 3 is 2.27 bits per heavy atom. The first kappa shape index (κ1) is 29.9. The number of hydrogen-bond acceptors (Lipinski definition) is 10. The summed E-state index contributed by atoms with van der Waals surface area (Å²) in [6.45, 7) is 1.46. The molecule has 11 heteroatoms. The van der Waals surface area contributed by atoms with Gasteiger partial charge in [-0.3, -0.25) is 0 Å². The number of nitriles is 2. The van der Waals surface area contributed by atoms with Crippen molar-refractivity contribution in [3.05, 3.63) is 76.6 Å². The van der Waals surface area contributed by atoms with E-state index in [9.17, 15) is 10.5 Å². The third-order valence-corrected chi connectivity index (χ3v) is 7.38. The lowest BCUT2D eigenvalue weighted by atomic mass is 9.96. The molecule has 0 saturated carbocycles. The minimum Gasteiger partial charge on any atom is -0.491 e. The number of pyridine rings is 1. The third kappa shape index (κ3) is 7.37. The summed E-state index contributed by atoms with van der Waals surface area (Å²) in [6.07, 6.45) is 1.59. The molecule has 2 aromatic carbocycles. The number of halogens is 1. The van der Waals surface area contributed by atoms with E-state index in [1.54, 1.807) is 42.7 Å². The van der Waals surface area contributed by atoms with Crippen LogP contribution in [0.2, 0.25) is 5.02 Å². The fraction of sp³-hybridized carbons (Fsp3) is 0.267. The largest absolute Gasteiger partial charge is 0.491 e. The zero-order valence-electron chi connectivity index (χ0n) is 23.0. The van der Waals surface area contributed by atoms with Gasteiger partial charge in [-0.15, -0.1) is 0 Å². The number of aliphatic hydroxyl groups is 1. The fourth-order valence-electron chi connectivity index (χ4n) is 4.01. The van der Waals surface area contributed by atoms with Crippen LogP contribution in [0.5, 0.6) is 5.75 Å².